The average molecular weight is 367 g/mol. The number of nitrogens with zero attached hydrogens (tertiary/aromatic N) is 4. The van der Waals surface area contributed by atoms with Crippen molar-refractivity contribution in [1.29, 1.82) is 0 Å². The SMILES string of the molecule is CC(=O)N1CCC2(CC1)CN=C(NC(=O)c1nc(Cl)c(N)nc1N)N2. The highest BCUT2D eigenvalue weighted by Crippen LogP contribution is 2.26. The molecule has 0 radical (unpaired) electrons. The van der Waals surface area contributed by atoms with E-state index in [2.05, 4.69) is 25.6 Å². The van der Waals surface area contributed by atoms with Crippen molar-refractivity contribution in [2.45, 2.75) is 25.3 Å². The Hall–Kier alpha value is -2.62. The molecule has 6 N–H and O–H groups in total. The lowest BCUT2D eigenvalue weighted by molar-refractivity contribution is -0.130. The summed E-state index contributed by atoms with van der Waals surface area (Å²) in [5, 5.41) is 5.78. The van der Waals surface area contributed by atoms with E-state index in [1.54, 1.807) is 11.8 Å². The standard InChI is InChI=1S/C14H19ClN8O2/c1-7(24)23-4-2-14(3-5-23)6-18-13(22-14)21-12(25)8-10(16)20-11(17)9(15)19-8/h2-6H2,1H3,(H4,16,17,20)(H2,18,21,22,25). The third-order valence-electron chi connectivity index (χ3n) is 4.44. The van der Waals surface area contributed by atoms with E-state index < -0.39 is 5.91 Å². The van der Waals surface area contributed by atoms with Gasteiger partial charge in [-0.25, -0.2) is 9.97 Å². The highest BCUT2D eigenvalue weighted by molar-refractivity contribution is 6.31. The van der Waals surface area contributed by atoms with E-state index >= 15 is 0 Å². The molecule has 11 heteroatoms. The van der Waals surface area contributed by atoms with Crippen LogP contribution in [0.2, 0.25) is 5.15 Å². The highest BCUT2D eigenvalue weighted by Gasteiger charge is 2.39. The van der Waals surface area contributed by atoms with Crippen molar-refractivity contribution in [2.24, 2.45) is 4.99 Å². The smallest absolute Gasteiger partial charge is 0.280 e. The number of aromatic nitrogens is 2. The predicted molar refractivity (Wildman–Crippen MR) is 93.0 cm³/mol. The molecular formula is C14H19ClN8O2. The number of anilines is 2. The number of nitrogens with one attached hydrogen (secondary N) is 2. The molecule has 3 rings (SSSR count). The van der Waals surface area contributed by atoms with E-state index in [1.807, 2.05) is 0 Å². The molecule has 10 nitrogen and oxygen atoms in total. The second-order valence-corrected chi connectivity index (χ2v) is 6.52. The molecule has 0 bridgehead atoms. The van der Waals surface area contributed by atoms with E-state index in [0.29, 0.717) is 25.6 Å². The Kier molecular flexibility index (Phi) is 4.38. The number of nitrogen functional groups attached to an aromatic ring is 2. The summed E-state index contributed by atoms with van der Waals surface area (Å²) in [5.41, 5.74) is 10.8. The van der Waals surface area contributed by atoms with Gasteiger partial charge in [0.25, 0.3) is 5.91 Å². The molecule has 25 heavy (non-hydrogen) atoms. The maximum Gasteiger partial charge on any atom is 0.280 e. The fourth-order valence-corrected chi connectivity index (χ4v) is 3.07. The molecule has 0 aromatic carbocycles. The third-order valence-corrected chi connectivity index (χ3v) is 4.72. The summed E-state index contributed by atoms with van der Waals surface area (Å²) in [6, 6.07) is 0. The van der Waals surface area contributed by atoms with Gasteiger partial charge >= 0.3 is 0 Å². The van der Waals surface area contributed by atoms with Gasteiger partial charge in [-0.2, -0.15) is 0 Å². The van der Waals surface area contributed by atoms with Crippen molar-refractivity contribution >= 4 is 41.0 Å². The van der Waals surface area contributed by atoms with E-state index in [0.717, 1.165) is 12.8 Å². The molecule has 0 unspecified atom stereocenters. The first kappa shape index (κ1) is 17.2. The maximum absolute atomic E-state index is 12.3. The summed E-state index contributed by atoms with van der Waals surface area (Å²) in [5.74, 6) is -0.311. The number of piperidine rings is 1. The Balaban J connectivity index is 1.63. The summed E-state index contributed by atoms with van der Waals surface area (Å²) in [6.45, 7) is 3.40. The molecule has 0 atom stereocenters. The Labute approximate surface area is 149 Å². The first-order valence-corrected chi connectivity index (χ1v) is 8.15. The molecule has 1 fully saturated rings. The minimum atomic E-state index is -0.573. The Morgan fingerprint density at radius 1 is 1.24 bits per heavy atom. The zero-order valence-corrected chi connectivity index (χ0v) is 14.4. The summed E-state index contributed by atoms with van der Waals surface area (Å²) in [7, 11) is 0. The molecule has 134 valence electrons. The van der Waals surface area contributed by atoms with Crippen LogP contribution in [0.5, 0.6) is 0 Å². The Morgan fingerprint density at radius 2 is 1.92 bits per heavy atom. The minimum absolute atomic E-state index is 0.0387. The number of hydrogen-bond acceptors (Lipinski definition) is 8. The quantitative estimate of drug-likeness (QED) is 0.516. The lowest BCUT2D eigenvalue weighted by Crippen LogP contribution is -2.56. The van der Waals surface area contributed by atoms with E-state index in [-0.39, 0.29) is 33.9 Å². The largest absolute Gasteiger partial charge is 0.382 e. The van der Waals surface area contributed by atoms with Crippen LogP contribution in [0.4, 0.5) is 11.6 Å². The van der Waals surface area contributed by atoms with Crippen LogP contribution in [0.25, 0.3) is 0 Å². The maximum atomic E-state index is 12.3. The Bertz CT molecular complexity index is 757. The molecular weight excluding hydrogens is 348 g/mol. The number of rotatable bonds is 1. The predicted octanol–water partition coefficient (Wildman–Crippen LogP) is -0.635. The monoisotopic (exact) mass is 366 g/mol. The van der Waals surface area contributed by atoms with Crippen molar-refractivity contribution < 1.29 is 9.59 Å². The van der Waals surface area contributed by atoms with Gasteiger partial charge in [-0.05, 0) is 12.8 Å². The van der Waals surface area contributed by atoms with Crippen LogP contribution in [0.1, 0.15) is 30.3 Å². The van der Waals surface area contributed by atoms with E-state index in [1.165, 1.54) is 0 Å². The highest BCUT2D eigenvalue weighted by atomic mass is 35.5. The van der Waals surface area contributed by atoms with Gasteiger partial charge in [0.15, 0.2) is 28.4 Å². The number of halogens is 1. The summed E-state index contributed by atoms with van der Waals surface area (Å²) in [6.07, 6.45) is 1.51. The number of amides is 2. The summed E-state index contributed by atoms with van der Waals surface area (Å²) >= 11 is 5.79. The molecule has 0 saturated carbocycles. The molecule has 1 saturated heterocycles. The Morgan fingerprint density at radius 3 is 2.56 bits per heavy atom. The van der Waals surface area contributed by atoms with Crippen LogP contribution in [-0.2, 0) is 4.79 Å². The minimum Gasteiger partial charge on any atom is -0.382 e. The van der Waals surface area contributed by atoms with E-state index in [9.17, 15) is 9.59 Å². The summed E-state index contributed by atoms with van der Waals surface area (Å²) < 4.78 is 0. The lowest BCUT2D eigenvalue weighted by Gasteiger charge is -2.38. The third kappa shape index (κ3) is 3.43. The van der Waals surface area contributed by atoms with Crippen LogP contribution in [-0.4, -0.2) is 57.8 Å². The second-order valence-electron chi connectivity index (χ2n) is 6.16. The zero-order chi connectivity index (χ0) is 18.2. The zero-order valence-electron chi connectivity index (χ0n) is 13.7. The first-order valence-electron chi connectivity index (χ1n) is 7.78. The lowest BCUT2D eigenvalue weighted by atomic mass is 9.88. The van der Waals surface area contributed by atoms with Gasteiger partial charge in [0, 0.05) is 20.0 Å². The number of likely N-dealkylation sites (tertiary alicyclic amines) is 1. The molecule has 1 aromatic rings. The van der Waals surface area contributed by atoms with Gasteiger partial charge in [-0.3, -0.25) is 19.9 Å². The number of guanidine groups is 1. The average Bonchev–Trinajstić information content (AvgIpc) is 2.93. The van der Waals surface area contributed by atoms with Crippen LogP contribution in [0, 0.1) is 0 Å². The van der Waals surface area contributed by atoms with Crippen LogP contribution in [0.15, 0.2) is 4.99 Å². The van der Waals surface area contributed by atoms with Gasteiger partial charge in [-0.15, -0.1) is 0 Å². The first-order chi connectivity index (χ1) is 11.8. The van der Waals surface area contributed by atoms with Crippen LogP contribution in [0.3, 0.4) is 0 Å². The molecule has 2 aliphatic heterocycles. The van der Waals surface area contributed by atoms with Crippen molar-refractivity contribution in [1.82, 2.24) is 25.5 Å². The second kappa shape index (κ2) is 6.36. The van der Waals surface area contributed by atoms with E-state index in [4.69, 9.17) is 23.1 Å². The molecule has 1 aromatic heterocycles. The fourth-order valence-electron chi connectivity index (χ4n) is 2.94. The van der Waals surface area contributed by atoms with Gasteiger partial charge in [0.1, 0.15) is 0 Å². The number of carbonyl (C=O) groups excluding carboxylic acids is 2. The molecule has 2 amide bonds. The van der Waals surface area contributed by atoms with Crippen LogP contribution < -0.4 is 22.1 Å². The van der Waals surface area contributed by atoms with Gasteiger partial charge in [0.2, 0.25) is 5.91 Å². The number of carbonyl (C=O) groups is 2. The molecule has 1 spiro atoms. The normalized spacial score (nSPS) is 18.6. The van der Waals surface area contributed by atoms with Crippen molar-refractivity contribution in [3.8, 4) is 0 Å². The van der Waals surface area contributed by atoms with Crippen molar-refractivity contribution in [2.75, 3.05) is 31.1 Å². The van der Waals surface area contributed by atoms with Gasteiger partial charge in [-0.1, -0.05) is 11.6 Å². The van der Waals surface area contributed by atoms with Gasteiger partial charge in [0.05, 0.1) is 12.1 Å². The number of hydrogen-bond donors (Lipinski definition) is 4. The van der Waals surface area contributed by atoms with Crippen molar-refractivity contribution in [3.63, 3.8) is 0 Å². The topological polar surface area (TPSA) is 152 Å². The molecule has 0 aliphatic carbocycles. The molecule has 3 heterocycles. The fraction of sp³-hybridized carbons (Fsp3) is 0.500. The summed E-state index contributed by atoms with van der Waals surface area (Å²) in [4.78, 5) is 37.5. The number of aliphatic imine (C=N–C) groups is 1. The van der Waals surface area contributed by atoms with Crippen LogP contribution >= 0.6 is 11.6 Å². The number of nitrogens with two attached hydrogens (primary N) is 2. The molecule has 2 aliphatic rings. The van der Waals surface area contributed by atoms with Gasteiger partial charge < -0.3 is 21.7 Å². The van der Waals surface area contributed by atoms with Crippen molar-refractivity contribution in [3.05, 3.63) is 10.8 Å².